The Morgan fingerprint density at radius 2 is 1.84 bits per heavy atom. The van der Waals surface area contributed by atoms with E-state index in [0.717, 1.165) is 18.9 Å². The van der Waals surface area contributed by atoms with Crippen LogP contribution in [0.1, 0.15) is 44.2 Å². The van der Waals surface area contributed by atoms with Crippen molar-refractivity contribution in [2.75, 3.05) is 11.4 Å². The van der Waals surface area contributed by atoms with Gasteiger partial charge in [-0.05, 0) is 37.1 Å². The van der Waals surface area contributed by atoms with E-state index in [1.54, 1.807) is 23.1 Å². The molecule has 1 amide bonds. The lowest BCUT2D eigenvalue weighted by Crippen LogP contribution is -2.40. The van der Waals surface area contributed by atoms with Crippen molar-refractivity contribution in [1.29, 1.82) is 5.26 Å². The summed E-state index contributed by atoms with van der Waals surface area (Å²) in [7, 11) is 0. The van der Waals surface area contributed by atoms with Gasteiger partial charge >= 0.3 is 0 Å². The molecule has 1 aliphatic heterocycles. The third kappa shape index (κ3) is 4.80. The summed E-state index contributed by atoms with van der Waals surface area (Å²) in [5, 5.41) is 9.37. The number of likely N-dealkylation sites (tertiary alicyclic amines) is 1. The summed E-state index contributed by atoms with van der Waals surface area (Å²) < 4.78 is 41.6. The van der Waals surface area contributed by atoms with Crippen LogP contribution in [0.2, 0.25) is 5.02 Å². The van der Waals surface area contributed by atoms with Crippen molar-refractivity contribution < 1.29 is 18.0 Å². The number of nitriles is 1. The second-order valence-electron chi connectivity index (χ2n) is 7.64. The Bertz CT molecular complexity index is 1020. The van der Waals surface area contributed by atoms with Crippen LogP contribution in [0.3, 0.4) is 0 Å². The summed E-state index contributed by atoms with van der Waals surface area (Å²) in [6.07, 6.45) is 1.84. The van der Waals surface area contributed by atoms with Gasteiger partial charge in [-0.2, -0.15) is 5.26 Å². The van der Waals surface area contributed by atoms with Crippen molar-refractivity contribution in [3.63, 3.8) is 0 Å². The van der Waals surface area contributed by atoms with Crippen molar-refractivity contribution >= 4 is 23.2 Å². The Kier molecular flexibility index (Phi) is 7.11. The molecule has 1 fully saturated rings. The number of anilines is 1. The average Bonchev–Trinajstić information content (AvgIpc) is 3.11. The van der Waals surface area contributed by atoms with E-state index in [2.05, 4.69) is 0 Å². The predicted octanol–water partition coefficient (Wildman–Crippen LogP) is 5.43. The minimum Gasteiger partial charge on any atom is -0.362 e. The molecular weight excluding hydrogens is 427 g/mol. The number of rotatable bonds is 7. The van der Waals surface area contributed by atoms with Crippen LogP contribution in [0.25, 0.3) is 0 Å². The molecule has 1 saturated heterocycles. The Balaban J connectivity index is 1.99. The summed E-state index contributed by atoms with van der Waals surface area (Å²) in [5.74, 6) is -3.28. The highest BCUT2D eigenvalue weighted by Gasteiger charge is 2.37. The zero-order valence-electron chi connectivity index (χ0n) is 17.3. The molecule has 164 valence electrons. The number of hydrogen-bond donors (Lipinski definition) is 0. The standard InChI is InChI=1S/C23H23ClF3N3O/c1-3-16(4-2)30-13-18(9-23(30)31)29(17-6-5-14(11-28)19(24)8-17)12-15-7-21(26)22(27)10-20(15)25/h5-8,10,16,18H,3-4,9,12-13H2,1-2H3/t18-/m0/s1. The summed E-state index contributed by atoms with van der Waals surface area (Å²) in [6.45, 7) is 4.38. The molecule has 2 aromatic rings. The van der Waals surface area contributed by atoms with E-state index in [0.29, 0.717) is 18.3 Å². The third-order valence-corrected chi connectivity index (χ3v) is 6.11. The molecule has 0 bridgehead atoms. The van der Waals surface area contributed by atoms with Gasteiger partial charge in [-0.3, -0.25) is 4.79 Å². The van der Waals surface area contributed by atoms with Gasteiger partial charge < -0.3 is 9.80 Å². The molecule has 2 aromatic carbocycles. The van der Waals surface area contributed by atoms with E-state index < -0.39 is 17.5 Å². The van der Waals surface area contributed by atoms with Gasteiger partial charge in [0.1, 0.15) is 11.9 Å². The SMILES string of the molecule is CCC(CC)N1C[C@@H](N(Cc2cc(F)c(F)cc2F)c2ccc(C#N)c(Cl)c2)CC1=O. The molecule has 3 rings (SSSR count). The van der Waals surface area contributed by atoms with Gasteiger partial charge in [-0.15, -0.1) is 0 Å². The van der Waals surface area contributed by atoms with Gasteiger partial charge in [0, 0.05) is 42.9 Å². The monoisotopic (exact) mass is 449 g/mol. The fraction of sp³-hybridized carbons (Fsp3) is 0.391. The molecule has 31 heavy (non-hydrogen) atoms. The first-order valence-corrected chi connectivity index (χ1v) is 10.6. The van der Waals surface area contributed by atoms with Gasteiger partial charge in [0.2, 0.25) is 5.91 Å². The van der Waals surface area contributed by atoms with E-state index in [4.69, 9.17) is 16.9 Å². The van der Waals surface area contributed by atoms with Gasteiger partial charge in [-0.25, -0.2) is 13.2 Å². The maximum atomic E-state index is 14.4. The molecule has 1 atom stereocenters. The molecule has 0 aliphatic carbocycles. The normalized spacial score (nSPS) is 16.1. The quantitative estimate of drug-likeness (QED) is 0.530. The van der Waals surface area contributed by atoms with E-state index in [9.17, 15) is 18.0 Å². The average molecular weight is 450 g/mol. The molecule has 4 nitrogen and oxygen atoms in total. The van der Waals surface area contributed by atoms with Crippen molar-refractivity contribution in [3.05, 3.63) is 63.9 Å². The third-order valence-electron chi connectivity index (χ3n) is 5.80. The van der Waals surface area contributed by atoms with Crippen molar-refractivity contribution in [2.24, 2.45) is 0 Å². The Hall–Kier alpha value is -2.72. The first kappa shape index (κ1) is 23.0. The van der Waals surface area contributed by atoms with E-state index in [1.807, 2.05) is 24.8 Å². The van der Waals surface area contributed by atoms with Crippen LogP contribution < -0.4 is 4.90 Å². The Labute approximate surface area is 184 Å². The maximum Gasteiger partial charge on any atom is 0.225 e. The molecule has 0 radical (unpaired) electrons. The van der Waals surface area contributed by atoms with Crippen LogP contribution in [0, 0.1) is 28.8 Å². The number of halogens is 4. The number of nitrogens with zero attached hydrogens (tertiary/aromatic N) is 3. The summed E-state index contributed by atoms with van der Waals surface area (Å²) in [5.41, 5.74) is 0.815. The number of carbonyl (C=O) groups is 1. The number of carbonyl (C=O) groups excluding carboxylic acids is 1. The first-order chi connectivity index (χ1) is 14.8. The van der Waals surface area contributed by atoms with E-state index >= 15 is 0 Å². The fourth-order valence-electron chi connectivity index (χ4n) is 4.08. The molecular formula is C23H23ClF3N3O. The minimum atomic E-state index is -1.26. The minimum absolute atomic E-state index is 0.00537. The van der Waals surface area contributed by atoms with Crippen LogP contribution >= 0.6 is 11.6 Å². The van der Waals surface area contributed by atoms with Crippen LogP contribution in [-0.4, -0.2) is 29.4 Å². The highest BCUT2D eigenvalue weighted by molar-refractivity contribution is 6.32. The lowest BCUT2D eigenvalue weighted by atomic mass is 10.1. The molecule has 1 heterocycles. The van der Waals surface area contributed by atoms with E-state index in [-0.39, 0.29) is 47.1 Å². The molecule has 0 N–H and O–H groups in total. The zero-order valence-corrected chi connectivity index (χ0v) is 18.1. The Morgan fingerprint density at radius 1 is 1.16 bits per heavy atom. The first-order valence-electron chi connectivity index (χ1n) is 10.2. The summed E-state index contributed by atoms with van der Waals surface area (Å²) >= 11 is 6.20. The van der Waals surface area contributed by atoms with Crippen LogP contribution in [0.4, 0.5) is 18.9 Å². The molecule has 0 saturated carbocycles. The second-order valence-corrected chi connectivity index (χ2v) is 8.04. The van der Waals surface area contributed by atoms with Crippen molar-refractivity contribution in [1.82, 2.24) is 4.90 Å². The number of benzene rings is 2. The van der Waals surface area contributed by atoms with Crippen LogP contribution in [-0.2, 0) is 11.3 Å². The van der Waals surface area contributed by atoms with Gasteiger partial charge in [0.15, 0.2) is 11.6 Å². The summed E-state index contributed by atoms with van der Waals surface area (Å²) in [6, 6.07) is 7.89. The molecule has 0 unspecified atom stereocenters. The maximum absolute atomic E-state index is 14.4. The van der Waals surface area contributed by atoms with Crippen LogP contribution in [0.5, 0.6) is 0 Å². The second kappa shape index (κ2) is 9.61. The number of hydrogen-bond acceptors (Lipinski definition) is 3. The fourth-order valence-corrected chi connectivity index (χ4v) is 4.29. The highest BCUT2D eigenvalue weighted by Crippen LogP contribution is 2.31. The topological polar surface area (TPSA) is 47.3 Å². The van der Waals surface area contributed by atoms with Crippen molar-refractivity contribution in [3.8, 4) is 6.07 Å². The molecule has 8 heteroatoms. The zero-order chi connectivity index (χ0) is 22.7. The highest BCUT2D eigenvalue weighted by atomic mass is 35.5. The van der Waals surface area contributed by atoms with Gasteiger partial charge in [0.05, 0.1) is 16.6 Å². The Morgan fingerprint density at radius 3 is 2.45 bits per heavy atom. The molecule has 0 aromatic heterocycles. The van der Waals surface area contributed by atoms with Gasteiger partial charge in [0.25, 0.3) is 0 Å². The van der Waals surface area contributed by atoms with Crippen LogP contribution in [0.15, 0.2) is 30.3 Å². The van der Waals surface area contributed by atoms with E-state index in [1.165, 1.54) is 0 Å². The lowest BCUT2D eigenvalue weighted by molar-refractivity contribution is -0.129. The van der Waals surface area contributed by atoms with Gasteiger partial charge in [-0.1, -0.05) is 25.4 Å². The molecule has 0 spiro atoms. The largest absolute Gasteiger partial charge is 0.362 e. The predicted molar refractivity (Wildman–Crippen MR) is 113 cm³/mol. The lowest BCUT2D eigenvalue weighted by Gasteiger charge is -2.33. The molecule has 1 aliphatic rings. The smallest absolute Gasteiger partial charge is 0.225 e. The summed E-state index contributed by atoms with van der Waals surface area (Å²) in [4.78, 5) is 16.3. The number of amides is 1. The van der Waals surface area contributed by atoms with Crippen molar-refractivity contribution in [2.45, 2.75) is 51.7 Å².